The number of hydrogen-bond acceptors (Lipinski definition) is 4. The summed E-state index contributed by atoms with van der Waals surface area (Å²) in [6.07, 6.45) is 3.95. The number of rotatable bonds is 4. The molecule has 0 radical (unpaired) electrons. The molecule has 2 aliphatic rings. The molecule has 5 heteroatoms. The van der Waals surface area contributed by atoms with E-state index in [1.807, 2.05) is 23.7 Å². The molecule has 1 aliphatic heterocycles. The molecule has 0 bridgehead atoms. The predicted molar refractivity (Wildman–Crippen MR) is 94.9 cm³/mol. The second-order valence-corrected chi connectivity index (χ2v) is 8.16. The average molecular weight is 345 g/mol. The van der Waals surface area contributed by atoms with E-state index in [-0.39, 0.29) is 5.91 Å². The van der Waals surface area contributed by atoms with Gasteiger partial charge in [-0.3, -0.25) is 4.79 Å². The molecule has 23 heavy (non-hydrogen) atoms. The number of thioether (sulfide) groups is 1. The zero-order valence-electron chi connectivity index (χ0n) is 13.0. The van der Waals surface area contributed by atoms with Crippen LogP contribution in [0.15, 0.2) is 40.1 Å². The van der Waals surface area contributed by atoms with Gasteiger partial charge in [-0.1, -0.05) is 18.6 Å². The Balaban J connectivity index is 1.48. The summed E-state index contributed by atoms with van der Waals surface area (Å²) in [5, 5.41) is 2.07. The SMILES string of the molecule is O=C(c1ccccc1SCc1cscn1)N1C[C@@H]2CCC[C@H]2C1. The van der Waals surface area contributed by atoms with Crippen molar-refractivity contribution in [2.75, 3.05) is 13.1 Å². The molecule has 2 fully saturated rings. The summed E-state index contributed by atoms with van der Waals surface area (Å²) in [4.78, 5) is 20.4. The van der Waals surface area contributed by atoms with Gasteiger partial charge >= 0.3 is 0 Å². The number of aromatic nitrogens is 1. The minimum Gasteiger partial charge on any atom is -0.338 e. The summed E-state index contributed by atoms with van der Waals surface area (Å²) < 4.78 is 0. The number of benzene rings is 1. The van der Waals surface area contributed by atoms with E-state index in [4.69, 9.17) is 0 Å². The fourth-order valence-electron chi connectivity index (χ4n) is 3.80. The molecule has 1 aromatic carbocycles. The lowest BCUT2D eigenvalue weighted by molar-refractivity contribution is 0.0777. The number of carbonyl (C=O) groups excluding carboxylic acids is 1. The number of carbonyl (C=O) groups is 1. The van der Waals surface area contributed by atoms with E-state index in [1.165, 1.54) is 19.3 Å². The molecule has 0 N–H and O–H groups in total. The maximum Gasteiger partial charge on any atom is 0.255 e. The van der Waals surface area contributed by atoms with E-state index in [1.54, 1.807) is 23.1 Å². The van der Waals surface area contributed by atoms with E-state index in [9.17, 15) is 4.79 Å². The van der Waals surface area contributed by atoms with Crippen molar-refractivity contribution in [2.45, 2.75) is 29.9 Å². The third kappa shape index (κ3) is 3.17. The molecular weight excluding hydrogens is 324 g/mol. The zero-order valence-corrected chi connectivity index (χ0v) is 14.6. The minimum absolute atomic E-state index is 0.209. The average Bonchev–Trinajstić information content (AvgIpc) is 3.29. The van der Waals surface area contributed by atoms with Crippen LogP contribution in [-0.2, 0) is 5.75 Å². The van der Waals surface area contributed by atoms with Crippen LogP contribution >= 0.6 is 23.1 Å². The molecule has 0 unspecified atom stereocenters. The van der Waals surface area contributed by atoms with Crippen LogP contribution in [0.3, 0.4) is 0 Å². The number of likely N-dealkylation sites (tertiary alicyclic amines) is 1. The van der Waals surface area contributed by atoms with Crippen LogP contribution < -0.4 is 0 Å². The molecule has 120 valence electrons. The summed E-state index contributed by atoms with van der Waals surface area (Å²) in [6.45, 7) is 1.91. The van der Waals surface area contributed by atoms with Crippen molar-refractivity contribution >= 4 is 29.0 Å². The van der Waals surface area contributed by atoms with E-state index >= 15 is 0 Å². The van der Waals surface area contributed by atoms with Gasteiger partial charge < -0.3 is 4.90 Å². The van der Waals surface area contributed by atoms with Crippen molar-refractivity contribution in [3.63, 3.8) is 0 Å². The van der Waals surface area contributed by atoms with Crippen LogP contribution in [0.25, 0.3) is 0 Å². The van der Waals surface area contributed by atoms with Crippen molar-refractivity contribution < 1.29 is 4.79 Å². The molecule has 1 saturated heterocycles. The first-order chi connectivity index (χ1) is 11.3. The third-order valence-corrected chi connectivity index (χ3v) is 6.73. The Kier molecular flexibility index (Phi) is 4.40. The van der Waals surface area contributed by atoms with Gasteiger partial charge in [0.2, 0.25) is 0 Å². The lowest BCUT2D eigenvalue weighted by Crippen LogP contribution is -2.29. The quantitative estimate of drug-likeness (QED) is 0.775. The van der Waals surface area contributed by atoms with Gasteiger partial charge in [-0.25, -0.2) is 4.98 Å². The van der Waals surface area contributed by atoms with E-state index in [2.05, 4.69) is 21.3 Å². The number of thiazole rings is 1. The Morgan fingerprint density at radius 2 is 2.04 bits per heavy atom. The topological polar surface area (TPSA) is 33.2 Å². The Labute approximate surface area is 145 Å². The van der Waals surface area contributed by atoms with E-state index in [0.29, 0.717) is 0 Å². The molecule has 4 rings (SSSR count). The van der Waals surface area contributed by atoms with Crippen LogP contribution in [-0.4, -0.2) is 28.9 Å². The molecule has 0 spiro atoms. The van der Waals surface area contributed by atoms with Crippen LogP contribution in [0, 0.1) is 11.8 Å². The van der Waals surface area contributed by atoms with E-state index in [0.717, 1.165) is 46.8 Å². The molecule has 1 saturated carbocycles. The van der Waals surface area contributed by atoms with Gasteiger partial charge in [0.05, 0.1) is 16.8 Å². The molecule has 1 amide bonds. The molecule has 2 aromatic rings. The highest BCUT2D eigenvalue weighted by Gasteiger charge is 2.38. The van der Waals surface area contributed by atoms with Crippen molar-refractivity contribution in [1.29, 1.82) is 0 Å². The summed E-state index contributed by atoms with van der Waals surface area (Å²) in [6, 6.07) is 8.01. The zero-order chi connectivity index (χ0) is 15.6. The molecular formula is C18H20N2OS2. The highest BCUT2D eigenvalue weighted by atomic mass is 32.2. The molecule has 3 nitrogen and oxygen atoms in total. The lowest BCUT2D eigenvalue weighted by Gasteiger charge is -2.19. The van der Waals surface area contributed by atoms with Crippen LogP contribution in [0.4, 0.5) is 0 Å². The Hall–Kier alpha value is -1.33. The van der Waals surface area contributed by atoms with Crippen molar-refractivity contribution in [3.05, 3.63) is 46.4 Å². The maximum atomic E-state index is 13.0. The van der Waals surface area contributed by atoms with Crippen molar-refractivity contribution in [2.24, 2.45) is 11.8 Å². The van der Waals surface area contributed by atoms with Gasteiger partial charge in [-0.05, 0) is 36.8 Å². The van der Waals surface area contributed by atoms with Gasteiger partial charge in [0.1, 0.15) is 0 Å². The highest BCUT2D eigenvalue weighted by molar-refractivity contribution is 7.98. The Morgan fingerprint density at radius 3 is 2.78 bits per heavy atom. The van der Waals surface area contributed by atoms with Crippen LogP contribution in [0.5, 0.6) is 0 Å². The van der Waals surface area contributed by atoms with Crippen molar-refractivity contribution in [3.8, 4) is 0 Å². The Bertz CT molecular complexity index is 674. The summed E-state index contributed by atoms with van der Waals surface area (Å²) in [5.41, 5.74) is 3.79. The largest absolute Gasteiger partial charge is 0.338 e. The van der Waals surface area contributed by atoms with Crippen molar-refractivity contribution in [1.82, 2.24) is 9.88 Å². The predicted octanol–water partition coefficient (Wildman–Crippen LogP) is 4.31. The van der Waals surface area contributed by atoms with E-state index < -0.39 is 0 Å². The summed E-state index contributed by atoms with van der Waals surface area (Å²) in [5.74, 6) is 2.52. The first-order valence-corrected chi connectivity index (χ1v) is 10.1. The van der Waals surface area contributed by atoms with Gasteiger partial charge in [0.25, 0.3) is 5.91 Å². The molecule has 2 heterocycles. The second kappa shape index (κ2) is 6.65. The van der Waals surface area contributed by atoms with Crippen LogP contribution in [0.2, 0.25) is 0 Å². The molecule has 2 atom stereocenters. The monoisotopic (exact) mass is 344 g/mol. The number of fused-ring (bicyclic) bond motifs is 1. The molecule has 1 aliphatic carbocycles. The first-order valence-electron chi connectivity index (χ1n) is 8.19. The number of hydrogen-bond donors (Lipinski definition) is 0. The third-order valence-electron chi connectivity index (χ3n) is 4.99. The second-order valence-electron chi connectivity index (χ2n) is 6.43. The highest BCUT2D eigenvalue weighted by Crippen LogP contribution is 2.38. The van der Waals surface area contributed by atoms with Gasteiger partial charge in [-0.15, -0.1) is 23.1 Å². The minimum atomic E-state index is 0.209. The molecule has 1 aromatic heterocycles. The normalized spacial score (nSPS) is 23.2. The first kappa shape index (κ1) is 15.2. The fourth-order valence-corrected chi connectivity index (χ4v) is 5.41. The van der Waals surface area contributed by atoms with Crippen LogP contribution in [0.1, 0.15) is 35.3 Å². The fraction of sp³-hybridized carbons (Fsp3) is 0.444. The van der Waals surface area contributed by atoms with Gasteiger partial charge in [0.15, 0.2) is 0 Å². The summed E-state index contributed by atoms with van der Waals surface area (Å²) >= 11 is 3.33. The van der Waals surface area contributed by atoms with Gasteiger partial charge in [0, 0.05) is 29.1 Å². The maximum absolute atomic E-state index is 13.0. The lowest BCUT2D eigenvalue weighted by atomic mass is 10.0. The standard InChI is InChI=1S/C18H20N2OS2/c21-18(20-8-13-4-3-5-14(13)9-20)16-6-1-2-7-17(16)23-11-15-10-22-12-19-15/h1-2,6-7,10,12-14H,3-5,8-9,11H2/t13-,14-/m0/s1. The smallest absolute Gasteiger partial charge is 0.255 e. The Morgan fingerprint density at radius 1 is 1.26 bits per heavy atom. The number of nitrogens with zero attached hydrogens (tertiary/aromatic N) is 2. The van der Waals surface area contributed by atoms with Gasteiger partial charge in [-0.2, -0.15) is 0 Å². The summed E-state index contributed by atoms with van der Waals surface area (Å²) in [7, 11) is 0. The number of amides is 1.